The second kappa shape index (κ2) is 8.64. The minimum Gasteiger partial charge on any atom is -0.477 e. The number of rotatable bonds is 6. The number of carboxylic acids is 1. The van der Waals surface area contributed by atoms with Crippen molar-refractivity contribution < 1.29 is 32.5 Å². The molecule has 0 aliphatic carbocycles. The van der Waals surface area contributed by atoms with Gasteiger partial charge in [0.2, 0.25) is 0 Å². The first-order valence-corrected chi connectivity index (χ1v) is 8.99. The monoisotopic (exact) mass is 411 g/mol. The van der Waals surface area contributed by atoms with E-state index in [-0.39, 0.29) is 29.7 Å². The van der Waals surface area contributed by atoms with Crippen LogP contribution in [0.25, 0.3) is 0 Å². The fourth-order valence-corrected chi connectivity index (χ4v) is 3.12. The van der Waals surface area contributed by atoms with Crippen LogP contribution < -0.4 is 10.1 Å². The fraction of sp³-hybridized carbons (Fsp3) is 0.421. The number of carbonyl (C=O) groups is 1. The summed E-state index contributed by atoms with van der Waals surface area (Å²) in [4.78, 5) is 18.9. The lowest BCUT2D eigenvalue weighted by atomic mass is 9.97. The molecule has 2 aromatic rings. The molecule has 2 N–H and O–H groups in total. The number of ether oxygens (including phenoxy) is 2. The molecule has 10 heteroatoms. The maximum atomic E-state index is 12.7. The lowest BCUT2D eigenvalue weighted by Crippen LogP contribution is -2.29. The molecule has 7 nitrogen and oxygen atoms in total. The molecular formula is C19H20F3N3O4. The smallest absolute Gasteiger partial charge is 0.416 e. The van der Waals surface area contributed by atoms with Gasteiger partial charge in [-0.25, -0.2) is 4.79 Å². The van der Waals surface area contributed by atoms with Gasteiger partial charge in [-0.3, -0.25) is 0 Å². The van der Waals surface area contributed by atoms with Gasteiger partial charge in [-0.05, 0) is 37.0 Å². The number of anilines is 1. The summed E-state index contributed by atoms with van der Waals surface area (Å²) in [7, 11) is 1.34. The standard InChI is InChI=1S/C19H20F3N3O4/c1-28-18-24-14(17(26)27)9-16(25-18)23-10-13-3-2-4-15(29-13)11-5-7-12(8-6-11)19(20,21)22/h5-9,13,15H,2-4,10H2,1H3,(H,26,27)(H,23,24,25)/t13-,15+/m1/s1. The zero-order valence-corrected chi connectivity index (χ0v) is 15.6. The molecule has 0 unspecified atom stereocenters. The van der Waals surface area contributed by atoms with Crippen LogP contribution in [-0.2, 0) is 10.9 Å². The third kappa shape index (κ3) is 5.35. The zero-order valence-electron chi connectivity index (χ0n) is 15.6. The Hall–Kier alpha value is -2.88. The lowest BCUT2D eigenvalue weighted by molar-refractivity contribution is -0.137. The van der Waals surface area contributed by atoms with Crippen molar-refractivity contribution in [2.75, 3.05) is 19.0 Å². The normalized spacial score (nSPS) is 19.6. The van der Waals surface area contributed by atoms with Crippen LogP contribution in [0.1, 0.15) is 47.0 Å². The van der Waals surface area contributed by atoms with E-state index in [9.17, 15) is 18.0 Å². The summed E-state index contributed by atoms with van der Waals surface area (Å²) in [5, 5.41) is 12.1. The van der Waals surface area contributed by atoms with E-state index >= 15 is 0 Å². The Morgan fingerprint density at radius 3 is 2.62 bits per heavy atom. The zero-order chi connectivity index (χ0) is 21.0. The number of aromatic carboxylic acids is 1. The van der Waals surface area contributed by atoms with E-state index in [1.165, 1.54) is 25.3 Å². The van der Waals surface area contributed by atoms with Gasteiger partial charge in [0.05, 0.1) is 24.9 Å². The highest BCUT2D eigenvalue weighted by atomic mass is 19.4. The van der Waals surface area contributed by atoms with Gasteiger partial charge in [0.1, 0.15) is 5.82 Å². The topological polar surface area (TPSA) is 93.6 Å². The van der Waals surface area contributed by atoms with E-state index in [1.54, 1.807) is 0 Å². The summed E-state index contributed by atoms with van der Waals surface area (Å²) in [6.07, 6.45) is -2.54. The Labute approximate surface area is 164 Å². The van der Waals surface area contributed by atoms with Crippen molar-refractivity contribution in [2.24, 2.45) is 0 Å². The minimum absolute atomic E-state index is 0.0698. The molecule has 0 spiro atoms. The second-order valence-corrected chi connectivity index (χ2v) is 6.61. The molecule has 2 heterocycles. The predicted molar refractivity (Wildman–Crippen MR) is 96.9 cm³/mol. The van der Waals surface area contributed by atoms with Crippen LogP contribution in [0.2, 0.25) is 0 Å². The Morgan fingerprint density at radius 1 is 1.28 bits per heavy atom. The number of hydrogen-bond acceptors (Lipinski definition) is 6. The number of benzene rings is 1. The van der Waals surface area contributed by atoms with Gasteiger partial charge < -0.3 is 19.9 Å². The number of nitrogens with one attached hydrogen (secondary N) is 1. The van der Waals surface area contributed by atoms with Crippen LogP contribution in [0, 0.1) is 0 Å². The Kier molecular flexibility index (Phi) is 6.21. The summed E-state index contributed by atoms with van der Waals surface area (Å²) in [5.74, 6) is -0.917. The predicted octanol–water partition coefficient (Wildman–Crippen LogP) is 3.92. The average Bonchev–Trinajstić information content (AvgIpc) is 2.71. The van der Waals surface area contributed by atoms with E-state index in [1.807, 2.05) is 0 Å². The van der Waals surface area contributed by atoms with Crippen LogP contribution in [0.4, 0.5) is 19.0 Å². The highest BCUT2D eigenvalue weighted by Crippen LogP contribution is 2.34. The third-order valence-electron chi connectivity index (χ3n) is 4.58. The number of halogens is 3. The highest BCUT2D eigenvalue weighted by molar-refractivity contribution is 5.86. The van der Waals surface area contributed by atoms with Crippen LogP contribution in [0.5, 0.6) is 6.01 Å². The third-order valence-corrected chi connectivity index (χ3v) is 4.58. The van der Waals surface area contributed by atoms with Gasteiger partial charge in [-0.15, -0.1) is 0 Å². The summed E-state index contributed by atoms with van der Waals surface area (Å²) in [6, 6.07) is 6.22. The van der Waals surface area contributed by atoms with E-state index in [2.05, 4.69) is 15.3 Å². The number of hydrogen-bond donors (Lipinski definition) is 2. The van der Waals surface area contributed by atoms with Gasteiger partial charge in [-0.2, -0.15) is 23.1 Å². The van der Waals surface area contributed by atoms with Crippen LogP contribution >= 0.6 is 0 Å². The highest BCUT2D eigenvalue weighted by Gasteiger charge is 2.31. The molecule has 0 saturated carbocycles. The number of alkyl halides is 3. The molecule has 1 saturated heterocycles. The van der Waals surface area contributed by atoms with Crippen molar-refractivity contribution in [3.05, 3.63) is 47.2 Å². The molecule has 0 radical (unpaired) electrons. The van der Waals surface area contributed by atoms with Crippen molar-refractivity contribution in [3.8, 4) is 6.01 Å². The number of aromatic nitrogens is 2. The fourth-order valence-electron chi connectivity index (χ4n) is 3.12. The Balaban J connectivity index is 1.63. The molecule has 29 heavy (non-hydrogen) atoms. The van der Waals surface area contributed by atoms with Crippen molar-refractivity contribution in [3.63, 3.8) is 0 Å². The van der Waals surface area contributed by atoms with Gasteiger partial charge in [-0.1, -0.05) is 12.1 Å². The molecule has 1 aromatic carbocycles. The van der Waals surface area contributed by atoms with Crippen molar-refractivity contribution >= 4 is 11.8 Å². The molecule has 2 atom stereocenters. The molecule has 0 amide bonds. The number of carboxylic acid groups (broad SMARTS) is 1. The maximum absolute atomic E-state index is 12.7. The van der Waals surface area contributed by atoms with Crippen molar-refractivity contribution in [1.29, 1.82) is 0 Å². The van der Waals surface area contributed by atoms with Gasteiger partial charge in [0.25, 0.3) is 0 Å². The summed E-state index contributed by atoms with van der Waals surface area (Å²) < 4.78 is 49.1. The molecule has 156 valence electrons. The van der Waals surface area contributed by atoms with Crippen LogP contribution in [-0.4, -0.2) is 40.8 Å². The average molecular weight is 411 g/mol. The number of methoxy groups -OCH3 is 1. The molecule has 1 aromatic heterocycles. The molecule has 1 aliphatic rings. The van der Waals surface area contributed by atoms with Crippen LogP contribution in [0.15, 0.2) is 30.3 Å². The summed E-state index contributed by atoms with van der Waals surface area (Å²) in [6.45, 7) is 0.358. The Morgan fingerprint density at radius 2 is 2.00 bits per heavy atom. The molecule has 0 bridgehead atoms. The molecular weight excluding hydrogens is 391 g/mol. The van der Waals surface area contributed by atoms with Gasteiger partial charge in [0, 0.05) is 12.6 Å². The first-order chi connectivity index (χ1) is 13.8. The molecule has 1 aliphatic heterocycles. The SMILES string of the molecule is COc1nc(NC[C@H]2CCC[C@@H](c3ccc(C(F)(F)F)cc3)O2)cc(C(=O)O)n1. The maximum Gasteiger partial charge on any atom is 0.416 e. The second-order valence-electron chi connectivity index (χ2n) is 6.61. The van der Waals surface area contributed by atoms with Crippen molar-refractivity contribution in [2.45, 2.75) is 37.6 Å². The largest absolute Gasteiger partial charge is 0.477 e. The lowest BCUT2D eigenvalue weighted by Gasteiger charge is -2.30. The molecule has 3 rings (SSSR count). The van der Waals surface area contributed by atoms with Gasteiger partial charge in [0.15, 0.2) is 5.69 Å². The summed E-state index contributed by atoms with van der Waals surface area (Å²) in [5.41, 5.74) is -0.201. The minimum atomic E-state index is -4.37. The van der Waals surface area contributed by atoms with E-state index in [0.29, 0.717) is 18.5 Å². The summed E-state index contributed by atoms with van der Waals surface area (Å²) >= 11 is 0. The first-order valence-electron chi connectivity index (χ1n) is 8.99. The quantitative estimate of drug-likeness (QED) is 0.744. The van der Waals surface area contributed by atoms with E-state index in [4.69, 9.17) is 14.6 Å². The van der Waals surface area contributed by atoms with Crippen LogP contribution in [0.3, 0.4) is 0 Å². The van der Waals surface area contributed by atoms with Crippen molar-refractivity contribution in [1.82, 2.24) is 9.97 Å². The molecule has 1 fully saturated rings. The number of nitrogens with zero attached hydrogens (tertiary/aromatic N) is 2. The first kappa shape index (κ1) is 20.8. The van der Waals surface area contributed by atoms with E-state index < -0.39 is 17.7 Å². The van der Waals surface area contributed by atoms with Gasteiger partial charge >= 0.3 is 18.2 Å². The van der Waals surface area contributed by atoms with E-state index in [0.717, 1.165) is 25.0 Å². The Bertz CT molecular complexity index is 859.